The van der Waals surface area contributed by atoms with Gasteiger partial charge in [-0.2, -0.15) is 0 Å². The third-order valence-corrected chi connectivity index (χ3v) is 3.70. The summed E-state index contributed by atoms with van der Waals surface area (Å²) in [6, 6.07) is 12.3. The molecule has 116 valence electrons. The van der Waals surface area contributed by atoms with Crippen LogP contribution in [0, 0.1) is 5.92 Å². The van der Waals surface area contributed by atoms with Crippen LogP contribution in [0.2, 0.25) is 5.02 Å². The number of hydrogen-bond donors (Lipinski definition) is 1. The Labute approximate surface area is 143 Å². The van der Waals surface area contributed by atoms with Gasteiger partial charge in [-0.25, -0.2) is 0 Å². The van der Waals surface area contributed by atoms with Crippen molar-refractivity contribution in [2.45, 2.75) is 13.8 Å². The second kappa shape index (κ2) is 7.65. The molecule has 2 aromatic carbocycles. The summed E-state index contributed by atoms with van der Waals surface area (Å²) < 4.78 is 6.43. The highest BCUT2D eigenvalue weighted by Gasteiger charge is 2.10. The number of anilines is 1. The van der Waals surface area contributed by atoms with E-state index < -0.39 is 0 Å². The normalized spacial score (nSPS) is 10.6. The quantitative estimate of drug-likeness (QED) is 0.753. The predicted octanol–water partition coefficient (Wildman–Crippen LogP) is 5.39. The average Bonchev–Trinajstić information content (AvgIpc) is 2.45. The number of carbonyl (C=O) groups excluding carboxylic acids is 1. The van der Waals surface area contributed by atoms with Crippen molar-refractivity contribution in [1.29, 1.82) is 0 Å². The van der Waals surface area contributed by atoms with E-state index >= 15 is 0 Å². The third kappa shape index (κ3) is 4.75. The van der Waals surface area contributed by atoms with E-state index in [-0.39, 0.29) is 5.91 Å². The van der Waals surface area contributed by atoms with Gasteiger partial charge in [0.2, 0.25) is 0 Å². The van der Waals surface area contributed by atoms with Crippen LogP contribution in [0.15, 0.2) is 46.9 Å². The first-order valence-corrected chi connectivity index (χ1v) is 8.12. The lowest BCUT2D eigenvalue weighted by molar-refractivity contribution is 0.102. The minimum absolute atomic E-state index is 0.196. The van der Waals surface area contributed by atoms with Crippen molar-refractivity contribution >= 4 is 39.1 Å². The molecule has 2 rings (SSSR count). The fourth-order valence-electron chi connectivity index (χ4n) is 1.79. The van der Waals surface area contributed by atoms with Gasteiger partial charge in [0.05, 0.1) is 11.1 Å². The van der Waals surface area contributed by atoms with E-state index in [1.807, 2.05) is 0 Å². The topological polar surface area (TPSA) is 38.3 Å². The summed E-state index contributed by atoms with van der Waals surface area (Å²) in [6.45, 7) is 4.80. The Morgan fingerprint density at radius 3 is 2.68 bits per heavy atom. The first kappa shape index (κ1) is 16.8. The molecule has 3 nitrogen and oxygen atoms in total. The van der Waals surface area contributed by atoms with Crippen LogP contribution in [0.1, 0.15) is 24.2 Å². The lowest BCUT2D eigenvalue weighted by Gasteiger charge is -2.11. The van der Waals surface area contributed by atoms with E-state index in [1.165, 1.54) is 0 Å². The van der Waals surface area contributed by atoms with Crippen LogP contribution >= 0.6 is 27.5 Å². The van der Waals surface area contributed by atoms with Crippen molar-refractivity contribution in [3.05, 3.63) is 57.5 Å². The Morgan fingerprint density at radius 1 is 1.27 bits per heavy atom. The SMILES string of the molecule is CC(C)COc1ccc(C(=O)Nc2cccc(Cl)c2)cc1Br. The maximum Gasteiger partial charge on any atom is 0.255 e. The van der Waals surface area contributed by atoms with E-state index in [0.29, 0.717) is 28.8 Å². The van der Waals surface area contributed by atoms with E-state index in [2.05, 4.69) is 35.1 Å². The third-order valence-electron chi connectivity index (χ3n) is 2.85. The Hall–Kier alpha value is -1.52. The van der Waals surface area contributed by atoms with Gasteiger partial charge < -0.3 is 10.1 Å². The minimum Gasteiger partial charge on any atom is -0.492 e. The molecule has 0 fully saturated rings. The summed E-state index contributed by atoms with van der Waals surface area (Å²) in [5.74, 6) is 0.976. The zero-order chi connectivity index (χ0) is 16.1. The molecule has 0 aromatic heterocycles. The smallest absolute Gasteiger partial charge is 0.255 e. The van der Waals surface area contributed by atoms with E-state index in [1.54, 1.807) is 42.5 Å². The van der Waals surface area contributed by atoms with Crippen molar-refractivity contribution in [3.63, 3.8) is 0 Å². The second-order valence-corrected chi connectivity index (χ2v) is 6.61. The molecular weight excluding hydrogens is 366 g/mol. The largest absolute Gasteiger partial charge is 0.492 e. The molecule has 0 unspecified atom stereocenters. The average molecular weight is 383 g/mol. The molecule has 0 bridgehead atoms. The molecule has 0 saturated heterocycles. The zero-order valence-electron chi connectivity index (χ0n) is 12.4. The molecule has 0 radical (unpaired) electrons. The number of ether oxygens (including phenoxy) is 1. The van der Waals surface area contributed by atoms with Crippen molar-refractivity contribution in [3.8, 4) is 5.75 Å². The van der Waals surface area contributed by atoms with Crippen LogP contribution in [-0.2, 0) is 0 Å². The monoisotopic (exact) mass is 381 g/mol. The highest BCUT2D eigenvalue weighted by molar-refractivity contribution is 9.10. The molecule has 0 saturated carbocycles. The number of carbonyl (C=O) groups is 1. The molecule has 0 spiro atoms. The summed E-state index contributed by atoms with van der Waals surface area (Å²) in [7, 11) is 0. The van der Waals surface area contributed by atoms with Gasteiger partial charge in [0.15, 0.2) is 0 Å². The summed E-state index contributed by atoms with van der Waals surface area (Å²) in [5, 5.41) is 3.39. The molecule has 22 heavy (non-hydrogen) atoms. The molecule has 1 amide bonds. The Kier molecular flexibility index (Phi) is 5.86. The summed E-state index contributed by atoms with van der Waals surface area (Å²) in [6.07, 6.45) is 0. The van der Waals surface area contributed by atoms with Gasteiger partial charge in [0.25, 0.3) is 5.91 Å². The first-order valence-electron chi connectivity index (χ1n) is 6.95. The van der Waals surface area contributed by atoms with Gasteiger partial charge in [-0.3, -0.25) is 4.79 Å². The Balaban J connectivity index is 2.09. The Bertz CT molecular complexity index is 673. The number of rotatable bonds is 5. The van der Waals surface area contributed by atoms with Crippen LogP contribution in [0.4, 0.5) is 5.69 Å². The summed E-state index contributed by atoms with van der Waals surface area (Å²) >= 11 is 9.34. The fraction of sp³-hybridized carbons (Fsp3) is 0.235. The van der Waals surface area contributed by atoms with Crippen LogP contribution in [0.3, 0.4) is 0 Å². The molecule has 0 aliphatic carbocycles. The van der Waals surface area contributed by atoms with Gasteiger partial charge in [0.1, 0.15) is 5.75 Å². The highest BCUT2D eigenvalue weighted by atomic mass is 79.9. The molecule has 1 N–H and O–H groups in total. The summed E-state index contributed by atoms with van der Waals surface area (Å²) in [4.78, 5) is 12.2. The molecule has 0 aliphatic heterocycles. The van der Waals surface area contributed by atoms with Crippen molar-refractivity contribution < 1.29 is 9.53 Å². The van der Waals surface area contributed by atoms with E-state index in [0.717, 1.165) is 10.2 Å². The number of halogens is 2. The number of hydrogen-bond acceptors (Lipinski definition) is 2. The van der Waals surface area contributed by atoms with Gasteiger partial charge in [-0.05, 0) is 58.2 Å². The molecule has 2 aromatic rings. The van der Waals surface area contributed by atoms with Crippen LogP contribution in [-0.4, -0.2) is 12.5 Å². The van der Waals surface area contributed by atoms with Crippen LogP contribution < -0.4 is 10.1 Å². The van der Waals surface area contributed by atoms with Crippen molar-refractivity contribution in [2.75, 3.05) is 11.9 Å². The summed E-state index contributed by atoms with van der Waals surface area (Å²) in [5.41, 5.74) is 1.21. The molecule has 0 atom stereocenters. The van der Waals surface area contributed by atoms with Gasteiger partial charge >= 0.3 is 0 Å². The lowest BCUT2D eigenvalue weighted by Crippen LogP contribution is -2.12. The molecule has 0 aliphatic rings. The Morgan fingerprint density at radius 2 is 2.05 bits per heavy atom. The maximum absolute atomic E-state index is 12.2. The first-order chi connectivity index (χ1) is 10.5. The molecule has 0 heterocycles. The zero-order valence-corrected chi connectivity index (χ0v) is 14.7. The fourth-order valence-corrected chi connectivity index (χ4v) is 2.47. The van der Waals surface area contributed by atoms with Crippen LogP contribution in [0.5, 0.6) is 5.75 Å². The van der Waals surface area contributed by atoms with E-state index in [9.17, 15) is 4.79 Å². The van der Waals surface area contributed by atoms with Crippen molar-refractivity contribution in [2.24, 2.45) is 5.92 Å². The number of nitrogens with one attached hydrogen (secondary N) is 1. The van der Waals surface area contributed by atoms with Gasteiger partial charge in [-0.1, -0.05) is 31.5 Å². The lowest BCUT2D eigenvalue weighted by atomic mass is 10.2. The van der Waals surface area contributed by atoms with Gasteiger partial charge in [0, 0.05) is 16.3 Å². The van der Waals surface area contributed by atoms with Gasteiger partial charge in [-0.15, -0.1) is 0 Å². The number of amides is 1. The number of benzene rings is 2. The predicted molar refractivity (Wildman–Crippen MR) is 93.9 cm³/mol. The van der Waals surface area contributed by atoms with Crippen LogP contribution in [0.25, 0.3) is 0 Å². The standard InChI is InChI=1S/C17H17BrClNO2/c1-11(2)10-22-16-7-6-12(8-15(16)18)17(21)20-14-5-3-4-13(19)9-14/h3-9,11H,10H2,1-2H3,(H,20,21). The second-order valence-electron chi connectivity index (χ2n) is 5.31. The molecular formula is C17H17BrClNO2. The molecule has 5 heteroatoms. The highest BCUT2D eigenvalue weighted by Crippen LogP contribution is 2.27. The van der Waals surface area contributed by atoms with Crippen molar-refractivity contribution in [1.82, 2.24) is 0 Å². The maximum atomic E-state index is 12.2. The minimum atomic E-state index is -0.196. The van der Waals surface area contributed by atoms with E-state index in [4.69, 9.17) is 16.3 Å².